The van der Waals surface area contributed by atoms with Gasteiger partial charge in [0.2, 0.25) is 0 Å². The average Bonchev–Trinajstić information content (AvgIpc) is 2.05. The predicted octanol–water partition coefficient (Wildman–Crippen LogP) is 1.46. The smallest absolute Gasteiger partial charge is 0.335 e. The monoisotopic (exact) mass is 187 g/mol. The quantitative estimate of drug-likeness (QED) is 0.508. The van der Waals surface area contributed by atoms with Gasteiger partial charge in [-0.1, -0.05) is 18.5 Å². The van der Waals surface area contributed by atoms with Gasteiger partial charge in [-0.2, -0.15) is 0 Å². The molecule has 0 aromatic rings. The van der Waals surface area contributed by atoms with Crippen molar-refractivity contribution >= 4 is 17.6 Å². The van der Waals surface area contributed by atoms with Crippen LogP contribution < -0.4 is 5.32 Å². The Kier molecular flexibility index (Phi) is 2.43. The molecular formula is C8H10ClNO2. The molecule has 1 aliphatic heterocycles. The van der Waals surface area contributed by atoms with Crippen molar-refractivity contribution < 1.29 is 9.90 Å². The van der Waals surface area contributed by atoms with Crippen LogP contribution in [0.5, 0.6) is 0 Å². The highest BCUT2D eigenvalue weighted by molar-refractivity contribution is 6.28. The minimum Gasteiger partial charge on any atom is -0.478 e. The molecule has 0 aromatic carbocycles. The largest absolute Gasteiger partial charge is 0.478 e. The number of carbonyl (C=O) groups is 1. The molecule has 1 unspecified atom stereocenters. The lowest BCUT2D eigenvalue weighted by molar-refractivity contribution is -0.133. The molecule has 66 valence electrons. The predicted molar refractivity (Wildman–Crippen MR) is 46.9 cm³/mol. The van der Waals surface area contributed by atoms with Crippen molar-refractivity contribution in [2.45, 2.75) is 18.3 Å². The van der Waals surface area contributed by atoms with Crippen LogP contribution in [0.25, 0.3) is 0 Å². The second-order valence-electron chi connectivity index (χ2n) is 2.54. The van der Waals surface area contributed by atoms with E-state index in [9.17, 15) is 4.79 Å². The maximum absolute atomic E-state index is 10.7. The van der Waals surface area contributed by atoms with Crippen LogP contribution in [0.1, 0.15) is 13.3 Å². The SMILES string of the molecule is CCC1(Cl)NC=CC=C1C(=O)O. The van der Waals surface area contributed by atoms with Crippen molar-refractivity contribution in [1.82, 2.24) is 5.32 Å². The molecule has 0 saturated heterocycles. The average molecular weight is 188 g/mol. The Morgan fingerprint density at radius 2 is 2.50 bits per heavy atom. The van der Waals surface area contributed by atoms with Crippen LogP contribution in [0.15, 0.2) is 23.9 Å². The van der Waals surface area contributed by atoms with Crippen LogP contribution in [-0.4, -0.2) is 16.1 Å². The van der Waals surface area contributed by atoms with Crippen molar-refractivity contribution in [1.29, 1.82) is 0 Å². The third-order valence-corrected chi connectivity index (χ3v) is 2.40. The summed E-state index contributed by atoms with van der Waals surface area (Å²) in [5, 5.41) is 11.6. The normalized spacial score (nSPS) is 27.7. The summed E-state index contributed by atoms with van der Waals surface area (Å²) in [7, 11) is 0. The molecule has 0 bridgehead atoms. The van der Waals surface area contributed by atoms with Gasteiger partial charge >= 0.3 is 5.97 Å². The summed E-state index contributed by atoms with van der Waals surface area (Å²) in [6.07, 6.45) is 5.30. The summed E-state index contributed by atoms with van der Waals surface area (Å²) in [6, 6.07) is 0. The second kappa shape index (κ2) is 3.19. The molecule has 0 aliphatic carbocycles. The van der Waals surface area contributed by atoms with Crippen molar-refractivity contribution in [3.05, 3.63) is 23.9 Å². The van der Waals surface area contributed by atoms with Crippen LogP contribution >= 0.6 is 11.6 Å². The van der Waals surface area contributed by atoms with E-state index in [2.05, 4.69) is 5.32 Å². The van der Waals surface area contributed by atoms with Crippen LogP contribution in [0.2, 0.25) is 0 Å². The number of hydrogen-bond acceptors (Lipinski definition) is 2. The molecule has 0 radical (unpaired) electrons. The van der Waals surface area contributed by atoms with Crippen molar-refractivity contribution in [3.8, 4) is 0 Å². The Hall–Kier alpha value is -0.960. The van der Waals surface area contributed by atoms with Gasteiger partial charge in [0, 0.05) is 0 Å². The van der Waals surface area contributed by atoms with E-state index in [1.54, 1.807) is 12.3 Å². The molecule has 1 atom stereocenters. The lowest BCUT2D eigenvalue weighted by Gasteiger charge is -2.28. The van der Waals surface area contributed by atoms with Gasteiger partial charge in [-0.25, -0.2) is 4.79 Å². The van der Waals surface area contributed by atoms with E-state index in [1.165, 1.54) is 6.08 Å². The second-order valence-corrected chi connectivity index (χ2v) is 3.19. The van der Waals surface area contributed by atoms with Crippen molar-refractivity contribution in [3.63, 3.8) is 0 Å². The van der Waals surface area contributed by atoms with Gasteiger partial charge in [0.25, 0.3) is 0 Å². The fraction of sp³-hybridized carbons (Fsp3) is 0.375. The Labute approximate surface area is 75.7 Å². The number of hydrogen-bond donors (Lipinski definition) is 2. The van der Waals surface area contributed by atoms with Gasteiger partial charge in [0.15, 0.2) is 0 Å². The van der Waals surface area contributed by atoms with Gasteiger partial charge in [0.1, 0.15) is 5.00 Å². The zero-order valence-electron chi connectivity index (χ0n) is 6.67. The molecule has 0 saturated carbocycles. The van der Waals surface area contributed by atoms with Gasteiger partial charge in [0.05, 0.1) is 5.57 Å². The number of carboxylic acids is 1. The Morgan fingerprint density at radius 3 is 2.92 bits per heavy atom. The zero-order chi connectivity index (χ0) is 9.19. The van der Waals surface area contributed by atoms with Gasteiger partial charge in [-0.3, -0.25) is 0 Å². The highest BCUT2D eigenvalue weighted by atomic mass is 35.5. The molecule has 1 heterocycles. The topological polar surface area (TPSA) is 49.3 Å². The molecular weight excluding hydrogens is 178 g/mol. The summed E-state index contributed by atoms with van der Waals surface area (Å²) in [4.78, 5) is 9.76. The number of allylic oxidation sites excluding steroid dienone is 2. The molecule has 4 heteroatoms. The molecule has 2 N–H and O–H groups in total. The number of aliphatic carboxylic acids is 1. The first kappa shape index (κ1) is 9.13. The zero-order valence-corrected chi connectivity index (χ0v) is 7.43. The summed E-state index contributed by atoms with van der Waals surface area (Å²) in [6.45, 7) is 1.83. The third kappa shape index (κ3) is 1.46. The fourth-order valence-corrected chi connectivity index (χ4v) is 1.27. The Bertz CT molecular complexity index is 260. The van der Waals surface area contributed by atoms with Crippen LogP contribution in [0, 0.1) is 0 Å². The number of nitrogens with one attached hydrogen (secondary N) is 1. The van der Waals surface area contributed by atoms with Gasteiger partial charge in [-0.05, 0) is 24.8 Å². The first-order valence-electron chi connectivity index (χ1n) is 3.67. The number of dihydropyridines is 1. The Morgan fingerprint density at radius 1 is 1.83 bits per heavy atom. The van der Waals surface area contributed by atoms with Crippen LogP contribution in [0.3, 0.4) is 0 Å². The molecule has 3 nitrogen and oxygen atoms in total. The van der Waals surface area contributed by atoms with Crippen molar-refractivity contribution in [2.24, 2.45) is 0 Å². The maximum Gasteiger partial charge on any atom is 0.335 e. The molecule has 0 aromatic heterocycles. The molecule has 1 rings (SSSR count). The number of carboxylic acid groups (broad SMARTS) is 1. The van der Waals surface area contributed by atoms with Gasteiger partial charge in [-0.15, -0.1) is 0 Å². The van der Waals surface area contributed by atoms with Crippen molar-refractivity contribution in [2.75, 3.05) is 0 Å². The highest BCUT2D eigenvalue weighted by Gasteiger charge is 2.34. The van der Waals surface area contributed by atoms with E-state index in [4.69, 9.17) is 16.7 Å². The van der Waals surface area contributed by atoms with E-state index in [-0.39, 0.29) is 5.57 Å². The van der Waals surface area contributed by atoms with E-state index >= 15 is 0 Å². The van der Waals surface area contributed by atoms with E-state index in [0.717, 1.165) is 0 Å². The first-order valence-corrected chi connectivity index (χ1v) is 4.05. The summed E-state index contributed by atoms with van der Waals surface area (Å²) < 4.78 is 0. The molecule has 12 heavy (non-hydrogen) atoms. The summed E-state index contributed by atoms with van der Waals surface area (Å²) >= 11 is 6.01. The molecule has 0 fully saturated rings. The van der Waals surface area contributed by atoms with E-state index < -0.39 is 11.0 Å². The standard InChI is InChI=1S/C8H10ClNO2/c1-2-8(9)6(7(11)12)4-3-5-10-8/h3-5,10H,2H2,1H3,(H,11,12). The maximum atomic E-state index is 10.7. The molecule has 1 aliphatic rings. The summed E-state index contributed by atoms with van der Waals surface area (Å²) in [5.74, 6) is -0.983. The van der Waals surface area contributed by atoms with E-state index in [0.29, 0.717) is 6.42 Å². The van der Waals surface area contributed by atoms with Crippen LogP contribution in [0.4, 0.5) is 0 Å². The Balaban J connectivity index is 2.98. The van der Waals surface area contributed by atoms with Gasteiger partial charge < -0.3 is 10.4 Å². The summed E-state index contributed by atoms with van der Waals surface area (Å²) in [5.41, 5.74) is 0.189. The lowest BCUT2D eigenvalue weighted by atomic mass is 10.0. The minimum absolute atomic E-state index is 0.189. The highest BCUT2D eigenvalue weighted by Crippen LogP contribution is 2.28. The first-order chi connectivity index (χ1) is 5.60. The number of rotatable bonds is 2. The van der Waals surface area contributed by atoms with E-state index in [1.807, 2.05) is 6.92 Å². The lowest BCUT2D eigenvalue weighted by Crippen LogP contribution is -2.41. The van der Waals surface area contributed by atoms with Crippen LogP contribution in [-0.2, 0) is 4.79 Å². The molecule has 0 amide bonds. The fourth-order valence-electron chi connectivity index (χ4n) is 1.07. The molecule has 0 spiro atoms. The number of alkyl halides is 1. The number of halogens is 1. The minimum atomic E-state index is -0.983. The third-order valence-electron chi connectivity index (χ3n) is 1.82.